The number of esters is 2. The van der Waals surface area contributed by atoms with Crippen LogP contribution < -0.4 is 0 Å². The Hall–Kier alpha value is -1.06. The summed E-state index contributed by atoms with van der Waals surface area (Å²) in [7, 11) is 0. The number of hydrogen-bond acceptors (Lipinski definition) is 4. The van der Waals surface area contributed by atoms with Crippen LogP contribution in [0.25, 0.3) is 0 Å². The Bertz CT molecular complexity index is 164. The Kier molecular flexibility index (Phi) is 5.08. The third-order valence-electron chi connectivity index (χ3n) is 1.13. The highest BCUT2D eigenvalue weighted by molar-refractivity contribution is 5.71. The van der Waals surface area contributed by atoms with Crippen molar-refractivity contribution in [2.24, 2.45) is 0 Å². The van der Waals surface area contributed by atoms with Crippen LogP contribution in [-0.2, 0) is 19.1 Å². The lowest BCUT2D eigenvalue weighted by molar-refractivity contribution is -0.152. The van der Waals surface area contributed by atoms with Crippen molar-refractivity contribution in [3.63, 3.8) is 0 Å². The van der Waals surface area contributed by atoms with Gasteiger partial charge >= 0.3 is 11.9 Å². The summed E-state index contributed by atoms with van der Waals surface area (Å²) < 4.78 is 9.39. The van der Waals surface area contributed by atoms with Gasteiger partial charge in [-0.25, -0.2) is 0 Å². The van der Waals surface area contributed by atoms with Crippen LogP contribution in [0.2, 0.25) is 0 Å². The van der Waals surface area contributed by atoms with Crippen molar-refractivity contribution < 1.29 is 19.1 Å². The van der Waals surface area contributed by atoms with Crippen LogP contribution in [-0.4, -0.2) is 24.6 Å². The second-order valence-corrected chi connectivity index (χ2v) is 2.43. The molecular formula is C8H14O4. The second kappa shape index (κ2) is 5.57. The van der Waals surface area contributed by atoms with E-state index in [-0.39, 0.29) is 18.4 Å². The highest BCUT2D eigenvalue weighted by Gasteiger charge is 2.11. The van der Waals surface area contributed by atoms with E-state index in [4.69, 9.17) is 4.74 Å². The number of rotatable bonds is 4. The minimum atomic E-state index is -0.401. The van der Waals surface area contributed by atoms with Crippen LogP contribution in [0.3, 0.4) is 0 Å². The monoisotopic (exact) mass is 174 g/mol. The third-order valence-corrected chi connectivity index (χ3v) is 1.13. The Labute approximate surface area is 71.8 Å². The minimum Gasteiger partial charge on any atom is -0.466 e. The molecule has 0 radical (unpaired) electrons. The number of carbonyl (C=O) groups excluding carboxylic acids is 2. The molecule has 0 aromatic heterocycles. The quantitative estimate of drug-likeness (QED) is 0.594. The van der Waals surface area contributed by atoms with E-state index in [0.717, 1.165) is 0 Å². The fraction of sp³-hybridized carbons (Fsp3) is 0.750. The van der Waals surface area contributed by atoms with Crippen molar-refractivity contribution >= 4 is 11.9 Å². The SMILES string of the molecule is CCOC(=O)C[C@H](C)OC(C)=O. The lowest BCUT2D eigenvalue weighted by atomic mass is 10.3. The lowest BCUT2D eigenvalue weighted by Gasteiger charge is -2.10. The van der Waals surface area contributed by atoms with E-state index in [9.17, 15) is 9.59 Å². The lowest BCUT2D eigenvalue weighted by Crippen LogP contribution is -2.18. The van der Waals surface area contributed by atoms with E-state index in [0.29, 0.717) is 6.61 Å². The van der Waals surface area contributed by atoms with Gasteiger partial charge < -0.3 is 9.47 Å². The van der Waals surface area contributed by atoms with Gasteiger partial charge in [0.05, 0.1) is 13.0 Å². The molecule has 0 saturated carbocycles. The molecule has 4 heteroatoms. The van der Waals surface area contributed by atoms with Gasteiger partial charge in [0.1, 0.15) is 6.10 Å². The molecule has 4 nitrogen and oxygen atoms in total. The molecule has 0 bridgehead atoms. The predicted molar refractivity (Wildman–Crippen MR) is 42.5 cm³/mol. The summed E-state index contributed by atoms with van der Waals surface area (Å²) in [5.41, 5.74) is 0. The van der Waals surface area contributed by atoms with Crippen LogP contribution in [0.5, 0.6) is 0 Å². The smallest absolute Gasteiger partial charge is 0.309 e. The Morgan fingerprint density at radius 3 is 2.42 bits per heavy atom. The summed E-state index contributed by atoms with van der Waals surface area (Å²) >= 11 is 0. The van der Waals surface area contributed by atoms with Gasteiger partial charge in [0.15, 0.2) is 0 Å². The largest absolute Gasteiger partial charge is 0.466 e. The average Bonchev–Trinajstić information content (AvgIpc) is 1.84. The molecule has 0 N–H and O–H groups in total. The molecule has 0 aliphatic heterocycles. The van der Waals surface area contributed by atoms with Crippen LogP contribution >= 0.6 is 0 Å². The van der Waals surface area contributed by atoms with Gasteiger partial charge in [0.2, 0.25) is 0 Å². The first-order valence-corrected chi connectivity index (χ1v) is 3.89. The zero-order chi connectivity index (χ0) is 9.56. The predicted octanol–water partition coefficient (Wildman–Crippen LogP) is 0.891. The van der Waals surface area contributed by atoms with Crippen molar-refractivity contribution in [1.82, 2.24) is 0 Å². The number of hydrogen-bond donors (Lipinski definition) is 0. The topological polar surface area (TPSA) is 52.6 Å². The molecule has 0 aromatic carbocycles. The van der Waals surface area contributed by atoms with E-state index in [1.165, 1.54) is 6.92 Å². The standard InChI is InChI=1S/C8H14O4/c1-4-11-8(10)5-6(2)12-7(3)9/h6H,4-5H2,1-3H3/t6-/m0/s1. The maximum absolute atomic E-state index is 10.8. The summed E-state index contributed by atoms with van der Waals surface area (Å²) in [6.07, 6.45) is -0.283. The van der Waals surface area contributed by atoms with Crippen molar-refractivity contribution in [3.05, 3.63) is 0 Å². The van der Waals surface area contributed by atoms with Crippen LogP contribution in [0, 0.1) is 0 Å². The summed E-state index contributed by atoms with van der Waals surface area (Å²) in [5, 5.41) is 0. The van der Waals surface area contributed by atoms with Crippen LogP contribution in [0.15, 0.2) is 0 Å². The van der Waals surface area contributed by atoms with Gasteiger partial charge in [-0.2, -0.15) is 0 Å². The van der Waals surface area contributed by atoms with E-state index in [1.54, 1.807) is 13.8 Å². The van der Waals surface area contributed by atoms with Gasteiger partial charge in [0, 0.05) is 6.92 Å². The Morgan fingerprint density at radius 2 is 2.00 bits per heavy atom. The molecule has 0 aliphatic rings. The molecule has 0 aromatic rings. The summed E-state index contributed by atoms with van der Waals surface area (Å²) in [6, 6.07) is 0. The number of carbonyl (C=O) groups is 2. The van der Waals surface area contributed by atoms with E-state index >= 15 is 0 Å². The summed E-state index contributed by atoms with van der Waals surface area (Å²) in [5.74, 6) is -0.724. The van der Waals surface area contributed by atoms with Crippen LogP contribution in [0.1, 0.15) is 27.2 Å². The zero-order valence-corrected chi connectivity index (χ0v) is 7.62. The van der Waals surface area contributed by atoms with E-state index < -0.39 is 6.10 Å². The maximum Gasteiger partial charge on any atom is 0.309 e. The van der Waals surface area contributed by atoms with Crippen LogP contribution in [0.4, 0.5) is 0 Å². The van der Waals surface area contributed by atoms with Gasteiger partial charge in [0.25, 0.3) is 0 Å². The normalized spacial score (nSPS) is 11.9. The van der Waals surface area contributed by atoms with Crippen molar-refractivity contribution in [2.45, 2.75) is 33.3 Å². The Balaban J connectivity index is 3.61. The van der Waals surface area contributed by atoms with Gasteiger partial charge in [-0.15, -0.1) is 0 Å². The fourth-order valence-corrected chi connectivity index (χ4v) is 0.780. The molecule has 0 aliphatic carbocycles. The molecule has 0 unspecified atom stereocenters. The molecule has 1 atom stereocenters. The zero-order valence-electron chi connectivity index (χ0n) is 7.62. The molecule has 0 saturated heterocycles. The van der Waals surface area contributed by atoms with Crippen molar-refractivity contribution in [1.29, 1.82) is 0 Å². The van der Waals surface area contributed by atoms with Gasteiger partial charge in [-0.3, -0.25) is 9.59 Å². The first-order valence-electron chi connectivity index (χ1n) is 3.89. The van der Waals surface area contributed by atoms with Gasteiger partial charge in [-0.05, 0) is 13.8 Å². The first-order chi connectivity index (χ1) is 5.56. The van der Waals surface area contributed by atoms with E-state index in [2.05, 4.69) is 4.74 Å². The second-order valence-electron chi connectivity index (χ2n) is 2.43. The molecule has 70 valence electrons. The van der Waals surface area contributed by atoms with Gasteiger partial charge in [-0.1, -0.05) is 0 Å². The molecule has 12 heavy (non-hydrogen) atoms. The number of ether oxygens (including phenoxy) is 2. The van der Waals surface area contributed by atoms with Crippen molar-refractivity contribution in [2.75, 3.05) is 6.61 Å². The molecule has 0 fully saturated rings. The molecule has 0 amide bonds. The van der Waals surface area contributed by atoms with Crippen molar-refractivity contribution in [3.8, 4) is 0 Å². The highest BCUT2D eigenvalue weighted by Crippen LogP contribution is 1.99. The van der Waals surface area contributed by atoms with E-state index in [1.807, 2.05) is 0 Å². The highest BCUT2D eigenvalue weighted by atomic mass is 16.6. The third kappa shape index (κ3) is 5.70. The molecule has 0 heterocycles. The molecule has 0 spiro atoms. The Morgan fingerprint density at radius 1 is 1.42 bits per heavy atom. The summed E-state index contributed by atoms with van der Waals surface area (Å²) in [4.78, 5) is 21.2. The first kappa shape index (κ1) is 10.9. The molecule has 0 rings (SSSR count). The summed E-state index contributed by atoms with van der Waals surface area (Å²) in [6.45, 7) is 5.04. The average molecular weight is 174 g/mol. The maximum atomic E-state index is 10.8. The fourth-order valence-electron chi connectivity index (χ4n) is 0.780. The minimum absolute atomic E-state index is 0.118. The molecular weight excluding hydrogens is 160 g/mol.